The second kappa shape index (κ2) is 9.23. The molecular weight excluding hydrogens is 450 g/mol. The standard InChI is InChI=1S/C28H36F6/c1-16(2)21-12-10-19(14-22(21)17(3)4)26(27(29,30)31,28(32,33)34)20-11-13-24(25(7,8)9)23(15-20)18(5)6/h10-18H,1-9H3. The van der Waals surface area contributed by atoms with E-state index < -0.39 is 34.3 Å². The van der Waals surface area contributed by atoms with Crippen LogP contribution < -0.4 is 0 Å². The largest absolute Gasteiger partial charge is 0.411 e. The molecule has 0 bridgehead atoms. The third kappa shape index (κ3) is 4.87. The van der Waals surface area contributed by atoms with Gasteiger partial charge in [-0.15, -0.1) is 0 Å². The topological polar surface area (TPSA) is 0 Å². The Hall–Kier alpha value is -1.98. The van der Waals surface area contributed by atoms with E-state index in [0.29, 0.717) is 11.1 Å². The fraction of sp³-hybridized carbons (Fsp3) is 0.571. The van der Waals surface area contributed by atoms with E-state index in [1.807, 2.05) is 34.6 Å². The van der Waals surface area contributed by atoms with Gasteiger partial charge in [0.05, 0.1) is 0 Å². The molecule has 0 nitrogen and oxygen atoms in total. The first kappa shape index (κ1) is 28.3. The first-order valence-electron chi connectivity index (χ1n) is 11.7. The Kier molecular flexibility index (Phi) is 7.68. The monoisotopic (exact) mass is 486 g/mol. The smallest absolute Gasteiger partial charge is 0.169 e. The molecule has 0 saturated heterocycles. The van der Waals surface area contributed by atoms with Crippen LogP contribution in [0.25, 0.3) is 0 Å². The molecule has 0 unspecified atom stereocenters. The zero-order chi connectivity index (χ0) is 26.4. The van der Waals surface area contributed by atoms with Crippen LogP contribution in [0.3, 0.4) is 0 Å². The molecule has 0 fully saturated rings. The van der Waals surface area contributed by atoms with Gasteiger partial charge in [-0.25, -0.2) is 0 Å². The van der Waals surface area contributed by atoms with Crippen molar-refractivity contribution in [2.75, 3.05) is 0 Å². The molecule has 2 rings (SSSR count). The molecule has 2 aromatic rings. The highest BCUT2D eigenvalue weighted by Gasteiger charge is 2.72. The summed E-state index contributed by atoms with van der Waals surface area (Å²) in [4.78, 5) is 0. The quantitative estimate of drug-likeness (QED) is 0.369. The summed E-state index contributed by atoms with van der Waals surface area (Å²) in [7, 11) is 0. The van der Waals surface area contributed by atoms with E-state index >= 15 is 0 Å². The minimum atomic E-state index is -5.60. The lowest BCUT2D eigenvalue weighted by molar-refractivity contribution is -0.288. The number of halogens is 6. The summed E-state index contributed by atoms with van der Waals surface area (Å²) in [6, 6.07) is 7.12. The average molecular weight is 487 g/mol. The van der Waals surface area contributed by atoms with E-state index in [2.05, 4.69) is 0 Å². The van der Waals surface area contributed by atoms with Crippen molar-refractivity contribution in [2.45, 2.75) is 103 Å². The van der Waals surface area contributed by atoms with Gasteiger partial charge in [0.2, 0.25) is 5.41 Å². The Bertz CT molecular complexity index is 987. The predicted molar refractivity (Wildman–Crippen MR) is 127 cm³/mol. The summed E-state index contributed by atoms with van der Waals surface area (Å²) in [5.41, 5.74) is -3.67. The maximum absolute atomic E-state index is 14.8. The van der Waals surface area contributed by atoms with E-state index in [1.165, 1.54) is 12.1 Å². The zero-order valence-electron chi connectivity index (χ0n) is 21.5. The molecule has 0 atom stereocenters. The van der Waals surface area contributed by atoms with Crippen LogP contribution in [0.1, 0.15) is 113 Å². The minimum absolute atomic E-state index is 0.0313. The summed E-state index contributed by atoms with van der Waals surface area (Å²) < 4.78 is 88.7. The Morgan fingerprint density at radius 3 is 1.26 bits per heavy atom. The van der Waals surface area contributed by atoms with Gasteiger partial charge < -0.3 is 0 Å². The highest BCUT2D eigenvalue weighted by atomic mass is 19.4. The maximum atomic E-state index is 14.8. The van der Waals surface area contributed by atoms with E-state index in [9.17, 15) is 26.3 Å². The number of rotatable bonds is 5. The van der Waals surface area contributed by atoms with Crippen LogP contribution in [0.4, 0.5) is 26.3 Å². The van der Waals surface area contributed by atoms with E-state index in [-0.39, 0.29) is 17.8 Å². The van der Waals surface area contributed by atoms with Crippen LogP contribution in [0.5, 0.6) is 0 Å². The average Bonchev–Trinajstić information content (AvgIpc) is 2.64. The highest BCUT2D eigenvalue weighted by molar-refractivity contribution is 5.51. The lowest BCUT2D eigenvalue weighted by Crippen LogP contribution is -2.55. The SMILES string of the molecule is CC(C)c1ccc(C(c2ccc(C(C)(C)C)c(C(C)C)c2)(C(F)(F)F)C(F)(F)F)cc1C(C)C. The minimum Gasteiger partial charge on any atom is -0.169 e. The van der Waals surface area contributed by atoms with Crippen LogP contribution in [0.15, 0.2) is 36.4 Å². The first-order chi connectivity index (χ1) is 15.3. The van der Waals surface area contributed by atoms with Crippen LogP contribution in [-0.4, -0.2) is 12.4 Å². The van der Waals surface area contributed by atoms with Gasteiger partial charge in [0, 0.05) is 0 Å². The number of hydrogen-bond donors (Lipinski definition) is 0. The summed E-state index contributed by atoms with van der Waals surface area (Å²) >= 11 is 0. The Balaban J connectivity index is 3.06. The summed E-state index contributed by atoms with van der Waals surface area (Å²) in [5, 5.41) is 0. The molecule has 0 heterocycles. The molecule has 0 spiro atoms. The molecule has 2 aromatic carbocycles. The molecule has 0 radical (unpaired) electrons. The number of hydrogen-bond acceptors (Lipinski definition) is 0. The maximum Gasteiger partial charge on any atom is 0.411 e. The Morgan fingerprint density at radius 2 is 0.912 bits per heavy atom. The van der Waals surface area contributed by atoms with Crippen molar-refractivity contribution in [3.63, 3.8) is 0 Å². The molecule has 0 aliphatic heterocycles. The third-order valence-corrected chi connectivity index (χ3v) is 6.53. The number of benzene rings is 2. The fourth-order valence-electron chi connectivity index (χ4n) is 4.77. The van der Waals surface area contributed by atoms with Crippen molar-refractivity contribution in [3.8, 4) is 0 Å². The van der Waals surface area contributed by atoms with E-state index in [0.717, 1.165) is 35.4 Å². The second-order valence-electron chi connectivity index (χ2n) is 11.1. The lowest BCUT2D eigenvalue weighted by Gasteiger charge is -2.40. The normalized spacial score (nSPS) is 13.9. The molecule has 34 heavy (non-hydrogen) atoms. The van der Waals surface area contributed by atoms with E-state index in [4.69, 9.17) is 0 Å². The molecule has 0 aliphatic rings. The molecule has 0 N–H and O–H groups in total. The van der Waals surface area contributed by atoms with Crippen molar-refractivity contribution in [3.05, 3.63) is 69.8 Å². The van der Waals surface area contributed by atoms with Crippen LogP contribution in [-0.2, 0) is 10.8 Å². The van der Waals surface area contributed by atoms with Gasteiger partial charge in [-0.3, -0.25) is 0 Å². The first-order valence-corrected chi connectivity index (χ1v) is 11.7. The van der Waals surface area contributed by atoms with Crippen molar-refractivity contribution in [1.82, 2.24) is 0 Å². The Morgan fingerprint density at radius 1 is 0.529 bits per heavy atom. The molecule has 190 valence electrons. The van der Waals surface area contributed by atoms with Gasteiger partial charge in [0.1, 0.15) is 0 Å². The zero-order valence-corrected chi connectivity index (χ0v) is 21.5. The molecule has 0 aliphatic carbocycles. The van der Waals surface area contributed by atoms with Crippen molar-refractivity contribution >= 4 is 0 Å². The predicted octanol–water partition coefficient (Wildman–Crippen LogP) is 9.76. The Labute approximate surface area is 199 Å². The summed E-state index contributed by atoms with van der Waals surface area (Å²) in [6.45, 7) is 16.6. The van der Waals surface area contributed by atoms with Crippen molar-refractivity contribution in [1.29, 1.82) is 0 Å². The fourth-order valence-corrected chi connectivity index (χ4v) is 4.77. The van der Waals surface area contributed by atoms with Crippen LogP contribution in [0.2, 0.25) is 0 Å². The summed E-state index contributed by atoms with van der Waals surface area (Å²) in [5.74, 6) is -0.509. The van der Waals surface area contributed by atoms with Crippen molar-refractivity contribution in [2.24, 2.45) is 0 Å². The third-order valence-electron chi connectivity index (χ3n) is 6.53. The highest BCUT2D eigenvalue weighted by Crippen LogP contribution is 2.57. The van der Waals surface area contributed by atoms with Gasteiger partial charge in [-0.05, 0) is 56.5 Å². The van der Waals surface area contributed by atoms with Gasteiger partial charge >= 0.3 is 12.4 Å². The van der Waals surface area contributed by atoms with Gasteiger partial charge in [0.15, 0.2) is 0 Å². The molecule has 6 heteroatoms. The van der Waals surface area contributed by atoms with Crippen LogP contribution >= 0.6 is 0 Å². The second-order valence-corrected chi connectivity index (χ2v) is 11.1. The molecule has 0 aromatic heterocycles. The van der Waals surface area contributed by atoms with E-state index in [1.54, 1.807) is 27.7 Å². The van der Waals surface area contributed by atoms with Crippen LogP contribution in [0, 0.1) is 0 Å². The molecular formula is C28H36F6. The lowest BCUT2D eigenvalue weighted by atomic mass is 9.69. The molecule has 0 saturated carbocycles. The van der Waals surface area contributed by atoms with Gasteiger partial charge in [-0.1, -0.05) is 98.7 Å². The molecule has 0 amide bonds. The van der Waals surface area contributed by atoms with Gasteiger partial charge in [-0.2, -0.15) is 26.3 Å². The number of alkyl halides is 6. The van der Waals surface area contributed by atoms with Crippen molar-refractivity contribution < 1.29 is 26.3 Å². The summed E-state index contributed by atoms with van der Waals surface area (Å²) in [6.07, 6.45) is -11.2. The van der Waals surface area contributed by atoms with Gasteiger partial charge in [0.25, 0.3) is 0 Å².